The summed E-state index contributed by atoms with van der Waals surface area (Å²) < 4.78 is 18.3. The monoisotopic (exact) mass is 530 g/mol. The van der Waals surface area contributed by atoms with Crippen molar-refractivity contribution in [1.82, 2.24) is 19.9 Å². The molecule has 188 valence electrons. The fourth-order valence-corrected chi connectivity index (χ4v) is 5.40. The summed E-state index contributed by atoms with van der Waals surface area (Å²) in [7, 11) is 1.51. The van der Waals surface area contributed by atoms with Crippen LogP contribution in [0.1, 0.15) is 11.3 Å². The van der Waals surface area contributed by atoms with Crippen LogP contribution in [0.25, 0.3) is 0 Å². The maximum Gasteiger partial charge on any atom is 0.231 e. The Hall–Kier alpha value is -3.51. The molecule has 3 N–H and O–H groups in total. The predicted molar refractivity (Wildman–Crippen MR) is 138 cm³/mol. The number of benzene rings is 1. The largest absolute Gasteiger partial charge is 0.480 e. The number of hydrogen-bond donors (Lipinski definition) is 2. The lowest BCUT2D eigenvalue weighted by atomic mass is 9.81. The Bertz CT molecular complexity index is 1260. The topological polar surface area (TPSA) is 132 Å². The summed E-state index contributed by atoms with van der Waals surface area (Å²) in [5.41, 5.74) is 7.64. The van der Waals surface area contributed by atoms with Gasteiger partial charge < -0.3 is 20.7 Å². The van der Waals surface area contributed by atoms with Crippen molar-refractivity contribution in [1.29, 1.82) is 0 Å². The number of thioether (sulfide) groups is 1. The summed E-state index contributed by atoms with van der Waals surface area (Å²) >= 11 is 1.51. The number of anilines is 2. The number of amides is 1. The Morgan fingerprint density at radius 1 is 1.25 bits per heavy atom. The van der Waals surface area contributed by atoms with Crippen molar-refractivity contribution in [2.24, 2.45) is 16.6 Å². The molecule has 1 fully saturated rings. The number of nitrogens with zero attached hydrogens (tertiary/aromatic N) is 6. The van der Waals surface area contributed by atoms with Crippen molar-refractivity contribution < 1.29 is 13.9 Å². The molecule has 3 aromatic rings. The van der Waals surface area contributed by atoms with Crippen LogP contribution < -0.4 is 20.7 Å². The van der Waals surface area contributed by atoms with Crippen LogP contribution in [0.15, 0.2) is 54.0 Å². The first-order valence-electron chi connectivity index (χ1n) is 10.9. The highest BCUT2D eigenvalue weighted by atomic mass is 35.5. The number of halogens is 2. The van der Waals surface area contributed by atoms with Crippen LogP contribution in [0.5, 0.6) is 5.88 Å². The van der Waals surface area contributed by atoms with E-state index in [1.165, 1.54) is 31.3 Å². The highest BCUT2D eigenvalue weighted by Gasteiger charge is 2.50. The van der Waals surface area contributed by atoms with Crippen molar-refractivity contribution in [3.63, 3.8) is 0 Å². The van der Waals surface area contributed by atoms with E-state index in [0.717, 1.165) is 23.7 Å². The minimum Gasteiger partial charge on any atom is -0.480 e. The van der Waals surface area contributed by atoms with Crippen LogP contribution in [0, 0.1) is 11.7 Å². The van der Waals surface area contributed by atoms with Gasteiger partial charge in [-0.1, -0.05) is 23.9 Å². The first-order valence-corrected chi connectivity index (χ1v) is 11.9. The molecule has 0 spiro atoms. The van der Waals surface area contributed by atoms with Gasteiger partial charge in [-0.25, -0.2) is 24.3 Å². The zero-order chi connectivity index (χ0) is 24.4. The molecule has 2 aliphatic heterocycles. The number of aliphatic imine (C=N–C) groups is 1. The number of fused-ring (bicyclic) bond motifs is 1. The minimum absolute atomic E-state index is 0. The Morgan fingerprint density at radius 3 is 2.78 bits per heavy atom. The van der Waals surface area contributed by atoms with Crippen molar-refractivity contribution in [2.45, 2.75) is 12.0 Å². The van der Waals surface area contributed by atoms with E-state index in [1.54, 1.807) is 0 Å². The van der Waals surface area contributed by atoms with Crippen LogP contribution in [-0.4, -0.2) is 57.0 Å². The molecule has 1 saturated heterocycles. The fraction of sp³-hybridized carbons (Fsp3) is 0.304. The van der Waals surface area contributed by atoms with Gasteiger partial charge in [0.2, 0.25) is 17.7 Å². The van der Waals surface area contributed by atoms with E-state index >= 15 is 0 Å². The Morgan fingerprint density at radius 2 is 2.06 bits per heavy atom. The first-order chi connectivity index (χ1) is 16.9. The molecule has 2 atom stereocenters. The van der Waals surface area contributed by atoms with Crippen LogP contribution in [0.2, 0.25) is 0 Å². The second-order valence-electron chi connectivity index (χ2n) is 8.32. The summed E-state index contributed by atoms with van der Waals surface area (Å²) in [6.07, 6.45) is 5.38. The minimum atomic E-state index is -0.630. The maximum absolute atomic E-state index is 13.3. The number of rotatable bonds is 6. The van der Waals surface area contributed by atoms with E-state index in [0.29, 0.717) is 41.5 Å². The molecule has 10 nitrogen and oxygen atoms in total. The standard InChI is InChI=1S/C23H23FN8O2S.ClH/c1-34-20-10-26-18(9-27-20)6-19(33)30-17-4-2-3-14(5-17)23-13-32(22-28-7-16(24)8-29-22)11-15(23)12-35-21(25)31-23;/h2-5,7-10,15H,6,11-13H2,1H3,(H2,25,31)(H,30,33);1H/t15-,23+;/m0./s1. The van der Waals surface area contributed by atoms with E-state index < -0.39 is 11.4 Å². The molecule has 2 aromatic heterocycles. The van der Waals surface area contributed by atoms with Gasteiger partial charge in [0.25, 0.3) is 0 Å². The van der Waals surface area contributed by atoms with Gasteiger partial charge in [0.15, 0.2) is 11.0 Å². The summed E-state index contributed by atoms with van der Waals surface area (Å²) in [4.78, 5) is 36.1. The zero-order valence-electron chi connectivity index (χ0n) is 19.3. The number of nitrogens with two attached hydrogens (primary N) is 1. The Labute approximate surface area is 217 Å². The lowest BCUT2D eigenvalue weighted by molar-refractivity contribution is -0.115. The quantitative estimate of drug-likeness (QED) is 0.493. The van der Waals surface area contributed by atoms with Crippen LogP contribution >= 0.6 is 24.2 Å². The second kappa shape index (κ2) is 10.6. The van der Waals surface area contributed by atoms with Crippen molar-refractivity contribution in [3.8, 4) is 5.88 Å². The molecule has 36 heavy (non-hydrogen) atoms. The summed E-state index contributed by atoms with van der Waals surface area (Å²) in [5.74, 6) is 1.04. The lowest BCUT2D eigenvalue weighted by Crippen LogP contribution is -2.40. The number of carbonyl (C=O) groups excluding carboxylic acids is 1. The third-order valence-corrected chi connectivity index (χ3v) is 7.01. The third kappa shape index (κ3) is 5.19. The molecular formula is C23H24ClFN8O2S. The van der Waals surface area contributed by atoms with Crippen molar-refractivity contribution >= 4 is 46.9 Å². The molecule has 13 heteroatoms. The molecule has 5 rings (SSSR count). The normalized spacial score (nSPS) is 20.7. The molecule has 4 heterocycles. The highest BCUT2D eigenvalue weighted by Crippen LogP contribution is 2.46. The van der Waals surface area contributed by atoms with E-state index in [9.17, 15) is 9.18 Å². The number of nitrogens with one attached hydrogen (secondary N) is 1. The number of ether oxygens (including phenoxy) is 1. The molecule has 0 saturated carbocycles. The molecule has 0 radical (unpaired) electrons. The van der Waals surface area contributed by atoms with E-state index in [2.05, 4.69) is 25.3 Å². The third-order valence-electron chi connectivity index (χ3n) is 6.06. The number of methoxy groups -OCH3 is 1. The van der Waals surface area contributed by atoms with Gasteiger partial charge in [0, 0.05) is 23.9 Å². The van der Waals surface area contributed by atoms with Crippen LogP contribution in [0.3, 0.4) is 0 Å². The number of aromatic nitrogens is 4. The number of hydrogen-bond acceptors (Lipinski definition) is 10. The zero-order valence-corrected chi connectivity index (χ0v) is 20.9. The highest BCUT2D eigenvalue weighted by molar-refractivity contribution is 8.13. The van der Waals surface area contributed by atoms with E-state index in [4.69, 9.17) is 15.5 Å². The van der Waals surface area contributed by atoms with E-state index in [-0.39, 0.29) is 30.7 Å². The Kier molecular flexibility index (Phi) is 7.55. The van der Waals surface area contributed by atoms with Crippen LogP contribution in [0.4, 0.5) is 16.0 Å². The van der Waals surface area contributed by atoms with Crippen molar-refractivity contribution in [2.75, 3.05) is 36.2 Å². The van der Waals surface area contributed by atoms with Crippen molar-refractivity contribution in [3.05, 3.63) is 66.1 Å². The first kappa shape index (κ1) is 25.6. The lowest BCUT2D eigenvalue weighted by Gasteiger charge is -2.34. The number of carbonyl (C=O) groups is 1. The van der Waals surface area contributed by atoms with Gasteiger partial charge in [0.1, 0.15) is 5.54 Å². The summed E-state index contributed by atoms with van der Waals surface area (Å²) in [6, 6.07) is 7.62. The average Bonchev–Trinajstić information content (AvgIpc) is 3.25. The molecule has 0 unspecified atom stereocenters. The fourth-order valence-electron chi connectivity index (χ4n) is 4.42. The SMILES string of the molecule is COc1cnc(CC(=O)Nc2cccc([C@]34CN(c5ncc(F)cn5)C[C@H]3CSC(N)=N4)c2)cn1.Cl. The average molecular weight is 531 g/mol. The number of amidine groups is 1. The Balaban J connectivity index is 0.00000304. The van der Waals surface area contributed by atoms with Crippen LogP contribution in [-0.2, 0) is 16.8 Å². The maximum atomic E-state index is 13.3. The molecule has 2 aliphatic rings. The molecule has 0 bridgehead atoms. The van der Waals surface area contributed by atoms with Gasteiger partial charge in [-0.2, -0.15) is 0 Å². The molecule has 0 aliphatic carbocycles. The molecule has 1 aromatic carbocycles. The second-order valence-corrected chi connectivity index (χ2v) is 9.36. The summed E-state index contributed by atoms with van der Waals surface area (Å²) in [5, 5.41) is 3.44. The molecular weight excluding hydrogens is 507 g/mol. The summed E-state index contributed by atoms with van der Waals surface area (Å²) in [6.45, 7) is 1.14. The van der Waals surface area contributed by atoms with Gasteiger partial charge in [-0.15, -0.1) is 12.4 Å². The van der Waals surface area contributed by atoms with E-state index in [1.807, 2.05) is 29.2 Å². The van der Waals surface area contributed by atoms with Gasteiger partial charge in [-0.3, -0.25) is 9.78 Å². The smallest absolute Gasteiger partial charge is 0.231 e. The molecule has 1 amide bonds. The van der Waals surface area contributed by atoms with Gasteiger partial charge >= 0.3 is 0 Å². The van der Waals surface area contributed by atoms with Gasteiger partial charge in [0.05, 0.1) is 50.6 Å². The predicted octanol–water partition coefficient (Wildman–Crippen LogP) is 2.41. The van der Waals surface area contributed by atoms with Gasteiger partial charge in [-0.05, 0) is 17.7 Å².